The first-order chi connectivity index (χ1) is 13.5. The number of hydrogen-bond donors (Lipinski definition) is 1. The quantitative estimate of drug-likeness (QED) is 0.510. The summed E-state index contributed by atoms with van der Waals surface area (Å²) in [5.74, 6) is 1.69. The molecule has 0 fully saturated rings. The van der Waals surface area contributed by atoms with Gasteiger partial charge >= 0.3 is 0 Å². The Bertz CT molecular complexity index is 1070. The summed E-state index contributed by atoms with van der Waals surface area (Å²) in [5.41, 5.74) is 4.16. The minimum atomic E-state index is -0.149. The van der Waals surface area contributed by atoms with Crippen LogP contribution in [0.25, 0.3) is 11.1 Å². The summed E-state index contributed by atoms with van der Waals surface area (Å²) in [4.78, 5) is 6.31. The SMILES string of the molecule is CCOc1ccc2c(c1)-c1c(ssc1=Nc1ccccc1OCC)C(C)(C)N2. The smallest absolute Gasteiger partial charge is 0.144 e. The van der Waals surface area contributed by atoms with E-state index in [1.54, 1.807) is 20.7 Å². The third kappa shape index (κ3) is 3.42. The van der Waals surface area contributed by atoms with Crippen molar-refractivity contribution in [1.29, 1.82) is 0 Å². The second-order valence-electron chi connectivity index (χ2n) is 7.08. The second kappa shape index (κ2) is 7.60. The van der Waals surface area contributed by atoms with Crippen LogP contribution in [-0.4, -0.2) is 13.2 Å². The van der Waals surface area contributed by atoms with Crippen molar-refractivity contribution >= 4 is 32.1 Å². The molecule has 2 heterocycles. The van der Waals surface area contributed by atoms with Gasteiger partial charge in [0.2, 0.25) is 0 Å². The molecule has 6 heteroatoms. The molecule has 2 aromatic carbocycles. The van der Waals surface area contributed by atoms with Crippen molar-refractivity contribution in [1.82, 2.24) is 0 Å². The van der Waals surface area contributed by atoms with E-state index < -0.39 is 0 Å². The van der Waals surface area contributed by atoms with Gasteiger partial charge in [0.15, 0.2) is 0 Å². The Morgan fingerprint density at radius 3 is 2.57 bits per heavy atom. The van der Waals surface area contributed by atoms with Gasteiger partial charge < -0.3 is 14.8 Å². The van der Waals surface area contributed by atoms with Crippen molar-refractivity contribution in [2.75, 3.05) is 18.5 Å². The lowest BCUT2D eigenvalue weighted by Crippen LogP contribution is -2.31. The van der Waals surface area contributed by atoms with E-state index in [2.05, 4.69) is 31.3 Å². The van der Waals surface area contributed by atoms with Gasteiger partial charge in [-0.1, -0.05) is 32.8 Å². The number of para-hydroxylation sites is 2. The molecule has 1 aliphatic rings. The summed E-state index contributed by atoms with van der Waals surface area (Å²) in [6.07, 6.45) is 0. The molecular formula is C22H24N2O2S2. The van der Waals surface area contributed by atoms with Gasteiger partial charge in [-0.2, -0.15) is 0 Å². The summed E-state index contributed by atoms with van der Waals surface area (Å²) in [6, 6.07) is 14.2. The van der Waals surface area contributed by atoms with Crippen molar-refractivity contribution < 1.29 is 9.47 Å². The highest BCUT2D eigenvalue weighted by molar-refractivity contribution is 7.68. The number of rotatable bonds is 5. The largest absolute Gasteiger partial charge is 0.494 e. The van der Waals surface area contributed by atoms with E-state index >= 15 is 0 Å². The Labute approximate surface area is 172 Å². The molecule has 28 heavy (non-hydrogen) atoms. The Balaban J connectivity index is 1.93. The van der Waals surface area contributed by atoms with Crippen LogP contribution in [0, 0.1) is 0 Å². The fourth-order valence-corrected chi connectivity index (χ4v) is 6.35. The maximum Gasteiger partial charge on any atom is 0.144 e. The molecule has 1 N–H and O–H groups in total. The lowest BCUT2D eigenvalue weighted by atomic mass is 9.90. The molecule has 0 aliphatic carbocycles. The monoisotopic (exact) mass is 412 g/mol. The van der Waals surface area contributed by atoms with Gasteiger partial charge in [0.05, 0.1) is 23.6 Å². The zero-order valence-electron chi connectivity index (χ0n) is 16.5. The standard InChI is InChI=1S/C22H24N2O2S2/c1-5-25-14-11-12-16-15(13-14)19-20(22(3,4)24-16)27-28-21(19)23-17-9-7-8-10-18(17)26-6-2/h7-13,24H,5-6H2,1-4H3. The molecule has 4 nitrogen and oxygen atoms in total. The molecule has 0 saturated heterocycles. The van der Waals surface area contributed by atoms with E-state index in [-0.39, 0.29) is 5.54 Å². The summed E-state index contributed by atoms with van der Waals surface area (Å²) in [6.45, 7) is 9.69. The lowest BCUT2D eigenvalue weighted by molar-refractivity contribution is 0.340. The van der Waals surface area contributed by atoms with Gasteiger partial charge in [-0.25, -0.2) is 4.99 Å². The predicted octanol–water partition coefficient (Wildman–Crippen LogP) is 6.17. The first-order valence-electron chi connectivity index (χ1n) is 9.49. The van der Waals surface area contributed by atoms with E-state index in [9.17, 15) is 0 Å². The first-order valence-corrected chi connectivity index (χ1v) is 11.6. The molecule has 0 radical (unpaired) electrons. The van der Waals surface area contributed by atoms with Gasteiger partial charge in [0, 0.05) is 16.8 Å². The van der Waals surface area contributed by atoms with Crippen molar-refractivity contribution in [3.63, 3.8) is 0 Å². The average Bonchev–Trinajstić information content (AvgIpc) is 3.09. The van der Waals surface area contributed by atoms with Gasteiger partial charge in [-0.3, -0.25) is 0 Å². The Morgan fingerprint density at radius 2 is 1.79 bits per heavy atom. The number of benzene rings is 2. The van der Waals surface area contributed by atoms with Crippen LogP contribution >= 0.6 is 20.7 Å². The molecule has 0 bridgehead atoms. The predicted molar refractivity (Wildman–Crippen MR) is 118 cm³/mol. The summed E-state index contributed by atoms with van der Waals surface area (Å²) in [5, 5.41) is 3.67. The van der Waals surface area contributed by atoms with E-state index in [4.69, 9.17) is 14.5 Å². The molecule has 4 rings (SSSR count). The van der Waals surface area contributed by atoms with Crippen molar-refractivity contribution in [3.05, 3.63) is 52.0 Å². The molecule has 0 atom stereocenters. The van der Waals surface area contributed by atoms with Gasteiger partial charge in [-0.15, -0.1) is 0 Å². The Morgan fingerprint density at radius 1 is 1.00 bits per heavy atom. The average molecular weight is 413 g/mol. The molecule has 0 amide bonds. The highest BCUT2D eigenvalue weighted by atomic mass is 32.9. The van der Waals surface area contributed by atoms with Gasteiger partial charge in [-0.05, 0) is 58.0 Å². The van der Waals surface area contributed by atoms with Crippen LogP contribution in [0.3, 0.4) is 0 Å². The molecular weight excluding hydrogens is 388 g/mol. The number of ether oxygens (including phenoxy) is 2. The van der Waals surface area contributed by atoms with Crippen LogP contribution in [0.4, 0.5) is 11.4 Å². The van der Waals surface area contributed by atoms with Gasteiger partial charge in [0.25, 0.3) is 0 Å². The van der Waals surface area contributed by atoms with Crippen LogP contribution in [0.1, 0.15) is 32.6 Å². The maximum atomic E-state index is 5.77. The zero-order chi connectivity index (χ0) is 19.7. The Kier molecular flexibility index (Phi) is 5.17. The molecule has 1 aliphatic heterocycles. The van der Waals surface area contributed by atoms with Crippen molar-refractivity contribution in [2.45, 2.75) is 33.2 Å². The van der Waals surface area contributed by atoms with E-state index in [1.807, 2.05) is 44.2 Å². The third-order valence-corrected chi connectivity index (χ3v) is 7.26. The Hall–Kier alpha value is -2.31. The number of fused-ring (bicyclic) bond motifs is 3. The zero-order valence-corrected chi connectivity index (χ0v) is 18.2. The molecule has 3 aromatic rings. The number of nitrogens with zero attached hydrogens (tertiary/aromatic N) is 1. The van der Waals surface area contributed by atoms with E-state index in [1.165, 1.54) is 10.4 Å². The fourth-order valence-electron chi connectivity index (χ4n) is 3.42. The highest BCUT2D eigenvalue weighted by Gasteiger charge is 2.33. The fraction of sp³-hybridized carbons (Fsp3) is 0.318. The minimum absolute atomic E-state index is 0.149. The minimum Gasteiger partial charge on any atom is -0.494 e. The molecule has 1 aromatic heterocycles. The number of hydrogen-bond acceptors (Lipinski definition) is 6. The molecule has 0 spiro atoms. The van der Waals surface area contributed by atoms with Crippen LogP contribution < -0.4 is 19.5 Å². The second-order valence-corrected chi connectivity index (χ2v) is 9.21. The van der Waals surface area contributed by atoms with Crippen LogP contribution in [0.15, 0.2) is 47.5 Å². The summed E-state index contributed by atoms with van der Waals surface area (Å²) >= 11 is 0. The van der Waals surface area contributed by atoms with E-state index in [0.29, 0.717) is 13.2 Å². The number of anilines is 1. The van der Waals surface area contributed by atoms with Crippen molar-refractivity contribution in [2.24, 2.45) is 4.99 Å². The topological polar surface area (TPSA) is 42.9 Å². The van der Waals surface area contributed by atoms with Crippen molar-refractivity contribution in [3.8, 4) is 22.6 Å². The first kappa shape index (κ1) is 19.0. The van der Waals surface area contributed by atoms with Crippen LogP contribution in [-0.2, 0) is 5.54 Å². The van der Waals surface area contributed by atoms with Gasteiger partial charge in [0.1, 0.15) is 21.9 Å². The van der Waals surface area contributed by atoms with E-state index in [0.717, 1.165) is 33.1 Å². The van der Waals surface area contributed by atoms with Crippen LogP contribution in [0.2, 0.25) is 0 Å². The highest BCUT2D eigenvalue weighted by Crippen LogP contribution is 2.46. The lowest BCUT2D eigenvalue weighted by Gasteiger charge is -2.33. The maximum absolute atomic E-state index is 5.77. The molecule has 0 unspecified atom stereocenters. The normalized spacial score (nSPS) is 14.8. The molecule has 146 valence electrons. The summed E-state index contributed by atoms with van der Waals surface area (Å²) < 4.78 is 12.5. The summed E-state index contributed by atoms with van der Waals surface area (Å²) in [7, 11) is 3.49. The third-order valence-electron chi connectivity index (χ3n) is 4.62. The molecule has 0 saturated carbocycles. The van der Waals surface area contributed by atoms with Crippen LogP contribution in [0.5, 0.6) is 11.5 Å². The number of nitrogens with one attached hydrogen (secondary N) is 1.